The first kappa shape index (κ1) is 22.6. The molecule has 0 amide bonds. The highest BCUT2D eigenvalue weighted by molar-refractivity contribution is 5.78. The van der Waals surface area contributed by atoms with E-state index in [1.807, 2.05) is 36.4 Å². The molecular formula is C24H31NO4. The van der Waals surface area contributed by atoms with Gasteiger partial charge >= 0.3 is 11.9 Å². The minimum absolute atomic E-state index is 0.229. The lowest BCUT2D eigenvalue weighted by molar-refractivity contribution is -0.149. The average molecular weight is 398 g/mol. The molecule has 0 aliphatic rings. The quantitative estimate of drug-likeness (QED) is 0.579. The maximum Gasteiger partial charge on any atom is 0.322 e. The van der Waals surface area contributed by atoms with E-state index in [1.165, 1.54) is 18.2 Å². The molecule has 0 aromatic heterocycles. The molecule has 0 fully saturated rings. The third kappa shape index (κ3) is 7.02. The third-order valence-electron chi connectivity index (χ3n) is 5.11. The van der Waals surface area contributed by atoms with Crippen molar-refractivity contribution in [3.8, 4) is 0 Å². The van der Waals surface area contributed by atoms with Crippen LogP contribution in [0.4, 0.5) is 0 Å². The molecule has 2 rings (SSSR count). The smallest absolute Gasteiger partial charge is 0.322 e. The van der Waals surface area contributed by atoms with Gasteiger partial charge in [-0.05, 0) is 37.3 Å². The second-order valence-corrected chi connectivity index (χ2v) is 7.12. The Bertz CT molecular complexity index is 708. The maximum atomic E-state index is 12.4. The first-order valence-electron chi connectivity index (χ1n) is 10.2. The van der Waals surface area contributed by atoms with E-state index < -0.39 is 17.9 Å². The Morgan fingerprint density at radius 2 is 1.45 bits per heavy atom. The number of benzene rings is 2. The van der Waals surface area contributed by atoms with Crippen LogP contribution in [0.1, 0.15) is 49.7 Å². The molecule has 0 spiro atoms. The highest BCUT2D eigenvalue weighted by Gasteiger charge is 2.27. The molecule has 0 saturated heterocycles. The number of hydrogen-bond donors (Lipinski definition) is 1. The summed E-state index contributed by atoms with van der Waals surface area (Å²) < 4.78 is 9.89. The van der Waals surface area contributed by atoms with E-state index in [0.29, 0.717) is 13.0 Å². The van der Waals surface area contributed by atoms with Crippen molar-refractivity contribution in [2.75, 3.05) is 13.7 Å². The first-order chi connectivity index (χ1) is 14.1. The molecule has 156 valence electrons. The molecule has 0 aliphatic carbocycles. The largest absolute Gasteiger partial charge is 0.468 e. The minimum atomic E-state index is -0.826. The van der Waals surface area contributed by atoms with Crippen molar-refractivity contribution in [3.63, 3.8) is 0 Å². The van der Waals surface area contributed by atoms with Gasteiger partial charge in [-0.25, -0.2) is 0 Å². The van der Waals surface area contributed by atoms with Crippen LogP contribution in [0.5, 0.6) is 0 Å². The van der Waals surface area contributed by atoms with Gasteiger partial charge in [0.25, 0.3) is 0 Å². The van der Waals surface area contributed by atoms with Gasteiger partial charge in [0.2, 0.25) is 0 Å². The zero-order chi connectivity index (χ0) is 21.1. The van der Waals surface area contributed by atoms with Crippen LogP contribution in [-0.4, -0.2) is 31.7 Å². The topological polar surface area (TPSA) is 78.6 Å². The Kier molecular flexibility index (Phi) is 9.38. The highest BCUT2D eigenvalue weighted by atomic mass is 16.5. The SMILES string of the molecule is CCOC(=O)C(CCCC(c1ccccc1)c1ccccc1)C[C@H](N)C(=O)OC. The van der Waals surface area contributed by atoms with Gasteiger partial charge in [-0.2, -0.15) is 0 Å². The Labute approximate surface area is 173 Å². The average Bonchev–Trinajstić information content (AvgIpc) is 2.76. The number of rotatable bonds is 11. The van der Waals surface area contributed by atoms with E-state index in [4.69, 9.17) is 15.2 Å². The normalized spacial score (nSPS) is 13.0. The van der Waals surface area contributed by atoms with Gasteiger partial charge in [0.05, 0.1) is 19.6 Å². The molecule has 0 radical (unpaired) electrons. The summed E-state index contributed by atoms with van der Waals surface area (Å²) in [6.07, 6.45) is 2.54. The monoisotopic (exact) mass is 397 g/mol. The van der Waals surface area contributed by atoms with Crippen LogP contribution < -0.4 is 5.73 Å². The number of nitrogens with two attached hydrogens (primary N) is 1. The lowest BCUT2D eigenvalue weighted by Gasteiger charge is -2.21. The van der Waals surface area contributed by atoms with Crippen molar-refractivity contribution in [1.29, 1.82) is 0 Å². The fraction of sp³-hybridized carbons (Fsp3) is 0.417. The summed E-state index contributed by atoms with van der Waals surface area (Å²) in [5, 5.41) is 0. The predicted molar refractivity (Wildman–Crippen MR) is 113 cm³/mol. The third-order valence-corrected chi connectivity index (χ3v) is 5.11. The van der Waals surface area contributed by atoms with Gasteiger partial charge in [-0.15, -0.1) is 0 Å². The van der Waals surface area contributed by atoms with Gasteiger partial charge in [-0.3, -0.25) is 9.59 Å². The number of ether oxygens (including phenoxy) is 2. The molecule has 29 heavy (non-hydrogen) atoms. The predicted octanol–water partition coefficient (Wildman–Crippen LogP) is 4.06. The second-order valence-electron chi connectivity index (χ2n) is 7.12. The highest BCUT2D eigenvalue weighted by Crippen LogP contribution is 2.31. The molecule has 5 heteroatoms. The standard InChI is InChI=1S/C24H31NO4/c1-3-29-23(26)20(17-22(25)24(27)28-2)15-10-16-21(18-11-6-4-7-12-18)19-13-8-5-9-14-19/h4-9,11-14,20-22H,3,10,15-17,25H2,1-2H3/t20?,22-/m0/s1. The summed E-state index contributed by atoms with van der Waals surface area (Å²) in [6, 6.07) is 19.9. The van der Waals surface area contributed by atoms with Crippen molar-refractivity contribution in [3.05, 3.63) is 71.8 Å². The lowest BCUT2D eigenvalue weighted by atomic mass is 9.85. The molecule has 2 aromatic rings. The zero-order valence-corrected chi connectivity index (χ0v) is 17.3. The van der Waals surface area contributed by atoms with Crippen molar-refractivity contribution >= 4 is 11.9 Å². The second kappa shape index (κ2) is 12.0. The van der Waals surface area contributed by atoms with E-state index in [2.05, 4.69) is 24.3 Å². The van der Waals surface area contributed by atoms with E-state index in [9.17, 15) is 9.59 Å². The molecule has 0 saturated carbocycles. The Morgan fingerprint density at radius 1 is 0.897 bits per heavy atom. The molecule has 0 aliphatic heterocycles. The molecule has 2 aromatic carbocycles. The summed E-state index contributed by atoms with van der Waals surface area (Å²) in [4.78, 5) is 24.1. The fourth-order valence-corrected chi connectivity index (χ4v) is 3.61. The van der Waals surface area contributed by atoms with Gasteiger partial charge < -0.3 is 15.2 Å². The summed E-state index contributed by atoms with van der Waals surface area (Å²) in [7, 11) is 1.30. The Hall–Kier alpha value is -2.66. The van der Waals surface area contributed by atoms with Crippen LogP contribution in [-0.2, 0) is 19.1 Å². The van der Waals surface area contributed by atoms with Crippen molar-refractivity contribution in [2.24, 2.45) is 11.7 Å². The first-order valence-corrected chi connectivity index (χ1v) is 10.2. The molecule has 1 unspecified atom stereocenters. The van der Waals surface area contributed by atoms with Gasteiger partial charge in [0.15, 0.2) is 0 Å². The molecule has 5 nitrogen and oxygen atoms in total. The summed E-state index contributed by atoms with van der Waals surface area (Å²) in [5.74, 6) is -0.987. The summed E-state index contributed by atoms with van der Waals surface area (Å²) >= 11 is 0. The minimum Gasteiger partial charge on any atom is -0.468 e. The van der Waals surface area contributed by atoms with Crippen molar-refractivity contribution < 1.29 is 19.1 Å². The van der Waals surface area contributed by atoms with Crippen LogP contribution in [0.3, 0.4) is 0 Å². The number of carbonyl (C=O) groups excluding carboxylic acids is 2. The summed E-state index contributed by atoms with van der Waals surface area (Å²) in [6.45, 7) is 2.08. The Morgan fingerprint density at radius 3 is 1.93 bits per heavy atom. The summed E-state index contributed by atoms with van der Waals surface area (Å²) in [5.41, 5.74) is 8.39. The van der Waals surface area contributed by atoms with Crippen LogP contribution >= 0.6 is 0 Å². The molecule has 0 bridgehead atoms. The van der Waals surface area contributed by atoms with E-state index in [-0.39, 0.29) is 18.3 Å². The number of carbonyl (C=O) groups is 2. The van der Waals surface area contributed by atoms with E-state index in [0.717, 1.165) is 12.8 Å². The lowest BCUT2D eigenvalue weighted by Crippen LogP contribution is -2.36. The van der Waals surface area contributed by atoms with Crippen molar-refractivity contribution in [1.82, 2.24) is 0 Å². The van der Waals surface area contributed by atoms with Crippen LogP contribution in [0.2, 0.25) is 0 Å². The van der Waals surface area contributed by atoms with Crippen molar-refractivity contribution in [2.45, 2.75) is 44.6 Å². The van der Waals surface area contributed by atoms with Crippen LogP contribution in [0.15, 0.2) is 60.7 Å². The number of esters is 2. The van der Waals surface area contributed by atoms with Gasteiger partial charge in [0.1, 0.15) is 6.04 Å². The molecular weight excluding hydrogens is 366 g/mol. The van der Waals surface area contributed by atoms with Gasteiger partial charge in [0, 0.05) is 5.92 Å². The molecule has 2 atom stereocenters. The van der Waals surface area contributed by atoms with E-state index in [1.54, 1.807) is 6.92 Å². The van der Waals surface area contributed by atoms with E-state index >= 15 is 0 Å². The maximum absolute atomic E-state index is 12.4. The fourth-order valence-electron chi connectivity index (χ4n) is 3.61. The number of hydrogen-bond acceptors (Lipinski definition) is 5. The van der Waals surface area contributed by atoms with Crippen LogP contribution in [0, 0.1) is 5.92 Å². The van der Waals surface area contributed by atoms with Gasteiger partial charge in [-0.1, -0.05) is 67.1 Å². The van der Waals surface area contributed by atoms with Crippen LogP contribution in [0.25, 0.3) is 0 Å². The Balaban J connectivity index is 2.07. The molecule has 0 heterocycles. The number of methoxy groups -OCH3 is 1. The zero-order valence-electron chi connectivity index (χ0n) is 17.3. The molecule has 2 N–H and O–H groups in total.